The Kier molecular flexibility index (Phi) is 9.86. The second-order valence-electron chi connectivity index (χ2n) is 23.7. The molecule has 0 bridgehead atoms. The molecule has 1 fully saturated rings. The van der Waals surface area contributed by atoms with Crippen LogP contribution in [0.2, 0.25) is 0 Å². The van der Waals surface area contributed by atoms with E-state index < -0.39 is 8.07 Å². The lowest BCUT2D eigenvalue weighted by molar-refractivity contribution is 0.529. The number of rotatable bonds is 5. The van der Waals surface area contributed by atoms with E-state index in [0.717, 1.165) is 25.7 Å². The molecule has 366 valence electrons. The molecule has 16 rings (SSSR count). The van der Waals surface area contributed by atoms with Crippen molar-refractivity contribution in [3.8, 4) is 11.4 Å². The number of para-hydroxylation sites is 3. The van der Waals surface area contributed by atoms with Gasteiger partial charge in [-0.05, 0) is 167 Å². The summed E-state index contributed by atoms with van der Waals surface area (Å²) >= 11 is 0. The molecule has 75 heavy (non-hydrogen) atoms. The van der Waals surface area contributed by atoms with Crippen LogP contribution in [0.3, 0.4) is 0 Å². The van der Waals surface area contributed by atoms with Crippen LogP contribution in [0.1, 0.15) is 117 Å². The molecule has 3 aliphatic carbocycles. The SMILES string of the molecule is CC1(C)c2cc(-n3c4c(c5ccccc53)CCCC4)ccc2B2c3ccc(-n4c5c(c6ccccc64)CCCC5)cc3[Si](c3ccccc3)(c3ccccc3)c3cc(N4c5ccccc5C5CCCCCC54)cc1c32. The second kappa shape index (κ2) is 16.7. The van der Waals surface area contributed by atoms with Gasteiger partial charge in [-0.25, -0.2) is 0 Å². The Morgan fingerprint density at radius 2 is 1.01 bits per heavy atom. The van der Waals surface area contributed by atoms with Crippen molar-refractivity contribution in [2.45, 2.75) is 115 Å². The fourth-order valence-corrected chi connectivity index (χ4v) is 22.0. The number of benzene rings is 8. The van der Waals surface area contributed by atoms with Gasteiger partial charge in [0.1, 0.15) is 0 Å². The van der Waals surface area contributed by atoms with Gasteiger partial charge in [0.15, 0.2) is 8.07 Å². The van der Waals surface area contributed by atoms with Crippen molar-refractivity contribution in [1.82, 2.24) is 9.13 Å². The van der Waals surface area contributed by atoms with Crippen molar-refractivity contribution in [3.63, 3.8) is 0 Å². The molecule has 2 atom stereocenters. The summed E-state index contributed by atoms with van der Waals surface area (Å²) in [6.07, 6.45) is 16.0. The zero-order valence-corrected chi connectivity index (χ0v) is 44.6. The summed E-state index contributed by atoms with van der Waals surface area (Å²) in [5, 5.41) is 8.90. The first-order valence-corrected chi connectivity index (χ1v) is 30.7. The van der Waals surface area contributed by atoms with Gasteiger partial charge in [-0.3, -0.25) is 0 Å². The predicted octanol–water partition coefficient (Wildman–Crippen LogP) is 11.7. The van der Waals surface area contributed by atoms with E-state index in [1.807, 2.05) is 0 Å². The van der Waals surface area contributed by atoms with E-state index >= 15 is 0 Å². The Labute approximate surface area is 444 Å². The molecule has 5 heterocycles. The average Bonchev–Trinajstić information content (AvgIpc) is 4.09. The molecule has 2 aromatic heterocycles. The van der Waals surface area contributed by atoms with Gasteiger partial charge in [-0.15, -0.1) is 0 Å². The molecule has 3 aliphatic heterocycles. The van der Waals surface area contributed by atoms with E-state index in [1.54, 1.807) is 27.3 Å². The van der Waals surface area contributed by atoms with E-state index in [4.69, 9.17) is 0 Å². The van der Waals surface area contributed by atoms with Crippen molar-refractivity contribution >= 4 is 85.1 Å². The molecule has 0 N–H and O–H groups in total. The minimum Gasteiger partial charge on any atom is -0.338 e. The van der Waals surface area contributed by atoms with Gasteiger partial charge in [0.25, 0.3) is 0 Å². The van der Waals surface area contributed by atoms with Crippen molar-refractivity contribution < 1.29 is 0 Å². The Balaban J connectivity index is 1.03. The molecule has 3 nitrogen and oxygen atoms in total. The number of anilines is 2. The standard InChI is InChI=1S/C70H64BN3Si/c1-70(2)57-42-46(72-61-33-17-12-27-52(61)53-28-13-18-34-62(53)72)38-40-59(57)71-60-41-39-47(73-63-35-19-14-29-54(63)55-30-15-20-36-64(55)73)44-67(60)75(49-22-6-3-7-23-49,50-24-8-4-9-25-50)68-45-48(43-58(70)69(68)71)74-65-32-11-5-10-26-51(65)56-31-16-21-37-66(56)74/h3-4,6-9,12,14,16-17,19,21-25,27,29,31,33,35,37-45,51,65H,5,10-11,13,15,18,20,26,28,30,32,34,36H2,1-2H3. The van der Waals surface area contributed by atoms with Crippen LogP contribution < -0.4 is 42.0 Å². The summed E-state index contributed by atoms with van der Waals surface area (Å²) in [7, 11) is -3.14. The van der Waals surface area contributed by atoms with Crippen molar-refractivity contribution in [3.05, 3.63) is 221 Å². The Bertz CT molecular complexity index is 3920. The molecule has 0 spiro atoms. The highest BCUT2D eigenvalue weighted by molar-refractivity contribution is 7.26. The largest absolute Gasteiger partial charge is 0.338 e. The zero-order chi connectivity index (χ0) is 49.6. The summed E-state index contributed by atoms with van der Waals surface area (Å²) < 4.78 is 5.35. The average molecular weight is 986 g/mol. The number of nitrogens with zero attached hydrogens (tertiary/aromatic N) is 3. The van der Waals surface area contributed by atoms with Crippen LogP contribution >= 0.6 is 0 Å². The minimum atomic E-state index is -3.14. The second-order valence-corrected chi connectivity index (χ2v) is 27.5. The topological polar surface area (TPSA) is 13.1 Å². The molecule has 0 radical (unpaired) electrons. The maximum atomic E-state index is 2.87. The first-order chi connectivity index (χ1) is 37.0. The van der Waals surface area contributed by atoms with Crippen LogP contribution in [0.5, 0.6) is 0 Å². The van der Waals surface area contributed by atoms with Crippen LogP contribution in [0, 0.1) is 0 Å². The smallest absolute Gasteiger partial charge is 0.241 e. The number of hydrogen-bond acceptors (Lipinski definition) is 1. The van der Waals surface area contributed by atoms with Crippen molar-refractivity contribution in [2.24, 2.45) is 0 Å². The molecule has 8 aromatic carbocycles. The monoisotopic (exact) mass is 985 g/mol. The maximum absolute atomic E-state index is 3.14. The summed E-state index contributed by atoms with van der Waals surface area (Å²) in [6, 6.07) is 73.4. The third-order valence-electron chi connectivity index (χ3n) is 19.8. The first-order valence-electron chi connectivity index (χ1n) is 28.7. The van der Waals surface area contributed by atoms with Crippen molar-refractivity contribution in [1.29, 1.82) is 0 Å². The van der Waals surface area contributed by atoms with Gasteiger partial charge in [0.05, 0.1) is 11.0 Å². The fourth-order valence-electron chi connectivity index (χ4n) is 16.7. The highest BCUT2D eigenvalue weighted by atomic mass is 28.3. The lowest BCUT2D eigenvalue weighted by atomic mass is 9.31. The molecule has 2 unspecified atom stereocenters. The number of aryl methyl sites for hydroxylation is 2. The van der Waals surface area contributed by atoms with Crippen molar-refractivity contribution in [2.75, 3.05) is 4.90 Å². The molecular weight excluding hydrogens is 922 g/mol. The van der Waals surface area contributed by atoms with Crippen LogP contribution in [0.25, 0.3) is 33.2 Å². The van der Waals surface area contributed by atoms with Crippen LogP contribution in [-0.2, 0) is 31.1 Å². The lowest BCUT2D eigenvalue weighted by Gasteiger charge is -2.49. The highest BCUT2D eigenvalue weighted by Gasteiger charge is 2.55. The number of hydrogen-bond donors (Lipinski definition) is 0. The van der Waals surface area contributed by atoms with E-state index in [0.29, 0.717) is 12.0 Å². The summed E-state index contributed by atoms with van der Waals surface area (Å²) in [4.78, 5) is 2.87. The lowest BCUT2D eigenvalue weighted by Crippen LogP contribution is -2.88. The third-order valence-corrected chi connectivity index (χ3v) is 24.6. The normalized spacial score (nSPS) is 19.6. The van der Waals surface area contributed by atoms with E-state index in [-0.39, 0.29) is 12.1 Å². The number of aromatic nitrogens is 2. The van der Waals surface area contributed by atoms with Gasteiger partial charge in [0.2, 0.25) is 6.71 Å². The molecule has 6 aliphatic rings. The quantitative estimate of drug-likeness (QED) is 0.157. The molecule has 0 saturated heterocycles. The fraction of sp³-hybridized carbons (Fsp3) is 0.257. The number of fused-ring (bicyclic) bond motifs is 13. The Morgan fingerprint density at radius 1 is 0.467 bits per heavy atom. The van der Waals surface area contributed by atoms with Crippen LogP contribution in [0.4, 0.5) is 11.4 Å². The van der Waals surface area contributed by atoms with Gasteiger partial charge in [-0.2, -0.15) is 0 Å². The van der Waals surface area contributed by atoms with Crippen LogP contribution in [0.15, 0.2) is 182 Å². The van der Waals surface area contributed by atoms with Gasteiger partial charge < -0.3 is 14.0 Å². The molecular formula is C70H64BN3Si. The Morgan fingerprint density at radius 3 is 1.69 bits per heavy atom. The zero-order valence-electron chi connectivity index (χ0n) is 43.6. The summed E-state index contributed by atoms with van der Waals surface area (Å²) in [5.41, 5.74) is 23.0. The van der Waals surface area contributed by atoms with E-state index in [2.05, 4.69) is 210 Å². The van der Waals surface area contributed by atoms with Gasteiger partial charge in [-0.1, -0.05) is 177 Å². The van der Waals surface area contributed by atoms with Crippen LogP contribution in [-0.4, -0.2) is 30.0 Å². The van der Waals surface area contributed by atoms with E-state index in [9.17, 15) is 0 Å². The molecule has 5 heteroatoms. The predicted molar refractivity (Wildman–Crippen MR) is 318 cm³/mol. The summed E-state index contributed by atoms with van der Waals surface area (Å²) in [6.45, 7) is 5.22. The summed E-state index contributed by atoms with van der Waals surface area (Å²) in [5.74, 6) is 0.540. The van der Waals surface area contributed by atoms with Gasteiger partial charge >= 0.3 is 0 Å². The molecule has 0 amide bonds. The van der Waals surface area contributed by atoms with E-state index in [1.165, 1.54) is 151 Å². The molecule has 10 aromatic rings. The first kappa shape index (κ1) is 44.2. The minimum absolute atomic E-state index is 0.0698. The van der Waals surface area contributed by atoms with Gasteiger partial charge in [0, 0.05) is 62.3 Å². The third kappa shape index (κ3) is 6.16. The highest BCUT2D eigenvalue weighted by Crippen LogP contribution is 2.51. The Hall–Kier alpha value is -7.08. The molecule has 1 saturated carbocycles. The maximum Gasteiger partial charge on any atom is 0.241 e.